The molecule has 0 radical (unpaired) electrons. The minimum Gasteiger partial charge on any atom is -0.366 e. The summed E-state index contributed by atoms with van der Waals surface area (Å²) in [4.78, 5) is 2.50. The van der Waals surface area contributed by atoms with Crippen LogP contribution in [0.5, 0.6) is 0 Å². The first kappa shape index (κ1) is 10.5. The van der Waals surface area contributed by atoms with E-state index in [9.17, 15) is 0 Å². The second-order valence-electron chi connectivity index (χ2n) is 4.59. The van der Waals surface area contributed by atoms with Gasteiger partial charge in [0.15, 0.2) is 0 Å². The predicted octanol–water partition coefficient (Wildman–Crippen LogP) is 2.10. The molecule has 1 aromatic carbocycles. The van der Waals surface area contributed by atoms with Crippen LogP contribution < -0.4 is 10.2 Å². The molecule has 1 unspecified atom stereocenters. The van der Waals surface area contributed by atoms with Crippen molar-refractivity contribution in [2.45, 2.75) is 26.8 Å². The van der Waals surface area contributed by atoms with Gasteiger partial charge in [-0.15, -0.1) is 0 Å². The molecular formula is C13H20N2. The highest BCUT2D eigenvalue weighted by atomic mass is 15.2. The lowest BCUT2D eigenvalue weighted by molar-refractivity contribution is 0.501. The van der Waals surface area contributed by atoms with E-state index in [1.807, 2.05) is 0 Å². The minimum absolute atomic E-state index is 0.597. The molecule has 1 fully saturated rings. The van der Waals surface area contributed by atoms with Gasteiger partial charge in [0.1, 0.15) is 0 Å². The van der Waals surface area contributed by atoms with Gasteiger partial charge in [-0.05, 0) is 44.0 Å². The lowest BCUT2D eigenvalue weighted by atomic mass is 10.1. The van der Waals surface area contributed by atoms with Crippen LogP contribution in [0.1, 0.15) is 18.1 Å². The van der Waals surface area contributed by atoms with Crippen LogP contribution in [0.25, 0.3) is 0 Å². The lowest BCUT2D eigenvalue weighted by Gasteiger charge is -2.36. The van der Waals surface area contributed by atoms with Crippen LogP contribution in [0.2, 0.25) is 0 Å². The molecule has 2 nitrogen and oxygen atoms in total. The summed E-state index contributed by atoms with van der Waals surface area (Å²) in [5, 5.41) is 3.42. The molecule has 1 atom stereocenters. The first-order valence-corrected chi connectivity index (χ1v) is 5.72. The first-order chi connectivity index (χ1) is 7.16. The SMILES string of the molecule is Cc1cc(C)cc(N2CCNCC2C)c1. The van der Waals surface area contributed by atoms with Gasteiger partial charge in [0, 0.05) is 31.4 Å². The van der Waals surface area contributed by atoms with E-state index in [1.54, 1.807) is 0 Å². The van der Waals surface area contributed by atoms with Crippen LogP contribution in [-0.2, 0) is 0 Å². The van der Waals surface area contributed by atoms with E-state index in [4.69, 9.17) is 0 Å². The van der Waals surface area contributed by atoms with Crippen molar-refractivity contribution in [3.63, 3.8) is 0 Å². The van der Waals surface area contributed by atoms with Crippen molar-refractivity contribution in [1.29, 1.82) is 0 Å². The van der Waals surface area contributed by atoms with Gasteiger partial charge in [0.2, 0.25) is 0 Å². The molecule has 1 saturated heterocycles. The Balaban J connectivity index is 2.27. The monoisotopic (exact) mass is 204 g/mol. The van der Waals surface area contributed by atoms with Crippen LogP contribution >= 0.6 is 0 Å². The Bertz CT molecular complexity index is 326. The second kappa shape index (κ2) is 4.23. The zero-order valence-corrected chi connectivity index (χ0v) is 9.88. The normalized spacial score (nSPS) is 21.8. The number of aryl methyl sites for hydroxylation is 2. The number of rotatable bonds is 1. The van der Waals surface area contributed by atoms with Crippen molar-refractivity contribution in [1.82, 2.24) is 5.32 Å². The van der Waals surface area contributed by atoms with Crippen LogP contribution in [0, 0.1) is 13.8 Å². The number of piperazine rings is 1. The summed E-state index contributed by atoms with van der Waals surface area (Å²) in [5.41, 5.74) is 4.09. The maximum absolute atomic E-state index is 3.42. The summed E-state index contributed by atoms with van der Waals surface area (Å²) < 4.78 is 0. The van der Waals surface area contributed by atoms with Gasteiger partial charge in [0.25, 0.3) is 0 Å². The molecule has 1 aliphatic rings. The zero-order chi connectivity index (χ0) is 10.8. The van der Waals surface area contributed by atoms with Crippen molar-refractivity contribution in [2.75, 3.05) is 24.5 Å². The molecule has 82 valence electrons. The van der Waals surface area contributed by atoms with E-state index >= 15 is 0 Å². The molecule has 0 amide bonds. The lowest BCUT2D eigenvalue weighted by Crippen LogP contribution is -2.49. The molecular weight excluding hydrogens is 184 g/mol. The summed E-state index contributed by atoms with van der Waals surface area (Å²) in [7, 11) is 0. The first-order valence-electron chi connectivity index (χ1n) is 5.72. The average Bonchev–Trinajstić information content (AvgIpc) is 2.16. The summed E-state index contributed by atoms with van der Waals surface area (Å²) in [6.45, 7) is 9.92. The van der Waals surface area contributed by atoms with Crippen molar-refractivity contribution < 1.29 is 0 Å². The predicted molar refractivity (Wildman–Crippen MR) is 65.6 cm³/mol. The summed E-state index contributed by atoms with van der Waals surface area (Å²) in [6.07, 6.45) is 0. The third kappa shape index (κ3) is 2.32. The number of benzene rings is 1. The maximum Gasteiger partial charge on any atom is 0.0386 e. The number of hydrogen-bond donors (Lipinski definition) is 1. The second-order valence-corrected chi connectivity index (χ2v) is 4.59. The largest absolute Gasteiger partial charge is 0.366 e. The Labute approximate surface area is 92.3 Å². The molecule has 2 rings (SSSR count). The van der Waals surface area contributed by atoms with Gasteiger partial charge < -0.3 is 10.2 Å². The van der Waals surface area contributed by atoms with Crippen LogP contribution in [0.3, 0.4) is 0 Å². The Morgan fingerprint density at radius 1 is 1.20 bits per heavy atom. The smallest absolute Gasteiger partial charge is 0.0386 e. The van der Waals surface area contributed by atoms with Gasteiger partial charge in [0.05, 0.1) is 0 Å². The Morgan fingerprint density at radius 3 is 2.47 bits per heavy atom. The average molecular weight is 204 g/mol. The quantitative estimate of drug-likeness (QED) is 0.753. The van der Waals surface area contributed by atoms with Crippen molar-refractivity contribution in [2.24, 2.45) is 0 Å². The van der Waals surface area contributed by atoms with Crippen LogP contribution in [-0.4, -0.2) is 25.7 Å². The Morgan fingerprint density at radius 2 is 1.87 bits per heavy atom. The highest BCUT2D eigenvalue weighted by Gasteiger charge is 2.18. The molecule has 15 heavy (non-hydrogen) atoms. The van der Waals surface area contributed by atoms with Gasteiger partial charge in [-0.3, -0.25) is 0 Å². The van der Waals surface area contributed by atoms with E-state index in [0.29, 0.717) is 6.04 Å². The van der Waals surface area contributed by atoms with E-state index in [-0.39, 0.29) is 0 Å². The van der Waals surface area contributed by atoms with Gasteiger partial charge in [-0.25, -0.2) is 0 Å². The Kier molecular flexibility index (Phi) is 2.96. The third-order valence-corrected chi connectivity index (χ3v) is 3.04. The summed E-state index contributed by atoms with van der Waals surface area (Å²) >= 11 is 0. The van der Waals surface area contributed by atoms with Crippen LogP contribution in [0.15, 0.2) is 18.2 Å². The molecule has 1 aliphatic heterocycles. The highest BCUT2D eigenvalue weighted by Crippen LogP contribution is 2.21. The number of nitrogens with zero attached hydrogens (tertiary/aromatic N) is 1. The molecule has 1 heterocycles. The number of hydrogen-bond acceptors (Lipinski definition) is 2. The van der Waals surface area contributed by atoms with E-state index in [0.717, 1.165) is 19.6 Å². The highest BCUT2D eigenvalue weighted by molar-refractivity contribution is 5.52. The molecule has 0 aromatic heterocycles. The van der Waals surface area contributed by atoms with Gasteiger partial charge in [-0.2, -0.15) is 0 Å². The molecule has 1 N–H and O–H groups in total. The topological polar surface area (TPSA) is 15.3 Å². The molecule has 0 saturated carbocycles. The maximum atomic E-state index is 3.42. The molecule has 1 aromatic rings. The van der Waals surface area contributed by atoms with Crippen molar-refractivity contribution in [3.8, 4) is 0 Å². The summed E-state index contributed by atoms with van der Waals surface area (Å²) in [5.74, 6) is 0. The van der Waals surface area contributed by atoms with Gasteiger partial charge in [-0.1, -0.05) is 6.07 Å². The molecule has 2 heteroatoms. The van der Waals surface area contributed by atoms with Crippen LogP contribution in [0.4, 0.5) is 5.69 Å². The standard InChI is InChI=1S/C13H20N2/c1-10-6-11(2)8-13(7-10)15-5-4-14-9-12(15)3/h6-8,12,14H,4-5,9H2,1-3H3. The van der Waals surface area contributed by atoms with Crippen molar-refractivity contribution in [3.05, 3.63) is 29.3 Å². The number of anilines is 1. The fourth-order valence-corrected chi connectivity index (χ4v) is 2.34. The fourth-order valence-electron chi connectivity index (χ4n) is 2.34. The molecule has 0 spiro atoms. The molecule has 0 bridgehead atoms. The third-order valence-electron chi connectivity index (χ3n) is 3.04. The van der Waals surface area contributed by atoms with Gasteiger partial charge >= 0.3 is 0 Å². The summed E-state index contributed by atoms with van der Waals surface area (Å²) in [6, 6.07) is 7.40. The zero-order valence-electron chi connectivity index (χ0n) is 9.88. The van der Waals surface area contributed by atoms with Crippen molar-refractivity contribution >= 4 is 5.69 Å². The van der Waals surface area contributed by atoms with E-state index in [1.165, 1.54) is 16.8 Å². The number of nitrogens with one attached hydrogen (secondary N) is 1. The Hall–Kier alpha value is -1.02. The van der Waals surface area contributed by atoms with E-state index < -0.39 is 0 Å². The minimum atomic E-state index is 0.597. The van der Waals surface area contributed by atoms with E-state index in [2.05, 4.69) is 49.2 Å². The molecule has 0 aliphatic carbocycles. The fraction of sp³-hybridized carbons (Fsp3) is 0.538.